The molecular formula is C15H12N2O3. The van der Waals surface area contributed by atoms with Gasteiger partial charge in [-0.2, -0.15) is 0 Å². The van der Waals surface area contributed by atoms with Crippen molar-refractivity contribution in [2.24, 2.45) is 0 Å². The van der Waals surface area contributed by atoms with Crippen molar-refractivity contribution in [1.29, 1.82) is 0 Å². The molecule has 0 aliphatic carbocycles. The summed E-state index contributed by atoms with van der Waals surface area (Å²) >= 11 is 0. The Morgan fingerprint density at radius 2 is 1.95 bits per heavy atom. The summed E-state index contributed by atoms with van der Waals surface area (Å²) in [6.45, 7) is 1.95. The van der Waals surface area contributed by atoms with Crippen molar-refractivity contribution in [1.82, 2.24) is 10.2 Å². The summed E-state index contributed by atoms with van der Waals surface area (Å²) in [5.74, 6) is 0.398. The van der Waals surface area contributed by atoms with Gasteiger partial charge < -0.3 is 9.15 Å². The minimum atomic E-state index is -0.428. The normalized spacial score (nSPS) is 10.7. The lowest BCUT2D eigenvalue weighted by molar-refractivity contribution is 0.392. The average Bonchev–Trinajstić information content (AvgIpc) is 2.46. The van der Waals surface area contributed by atoms with Crippen molar-refractivity contribution < 1.29 is 9.15 Å². The fourth-order valence-electron chi connectivity index (χ4n) is 1.97. The van der Waals surface area contributed by atoms with Crippen LogP contribution in [0.2, 0.25) is 0 Å². The Hall–Kier alpha value is -2.69. The van der Waals surface area contributed by atoms with E-state index in [1.54, 1.807) is 18.2 Å². The van der Waals surface area contributed by atoms with Gasteiger partial charge in [-0.3, -0.25) is 0 Å². The van der Waals surface area contributed by atoms with Crippen molar-refractivity contribution in [3.63, 3.8) is 0 Å². The maximum absolute atomic E-state index is 12.0. The summed E-state index contributed by atoms with van der Waals surface area (Å²) in [7, 11) is 1.51. The molecule has 0 amide bonds. The zero-order valence-corrected chi connectivity index (χ0v) is 11.1. The number of ether oxygens (including phenoxy) is 1. The molecule has 0 fully saturated rings. The fourth-order valence-corrected chi connectivity index (χ4v) is 1.97. The van der Waals surface area contributed by atoms with Gasteiger partial charge in [0.05, 0.1) is 12.7 Å². The van der Waals surface area contributed by atoms with Crippen LogP contribution in [0.1, 0.15) is 5.56 Å². The highest BCUT2D eigenvalue weighted by Crippen LogP contribution is 2.20. The van der Waals surface area contributed by atoms with Crippen molar-refractivity contribution in [2.45, 2.75) is 6.92 Å². The Labute approximate surface area is 114 Å². The maximum Gasteiger partial charge on any atom is 0.345 e. The minimum Gasteiger partial charge on any atom is -0.480 e. The van der Waals surface area contributed by atoms with E-state index in [1.807, 2.05) is 25.1 Å². The van der Waals surface area contributed by atoms with E-state index in [1.165, 1.54) is 7.11 Å². The Balaban J connectivity index is 2.17. The molecule has 0 saturated heterocycles. The lowest BCUT2D eigenvalue weighted by Gasteiger charge is -2.03. The summed E-state index contributed by atoms with van der Waals surface area (Å²) in [6.07, 6.45) is 0. The second-order valence-corrected chi connectivity index (χ2v) is 4.45. The lowest BCUT2D eigenvalue weighted by Crippen LogP contribution is -2.04. The van der Waals surface area contributed by atoms with Crippen LogP contribution in [0.3, 0.4) is 0 Å². The van der Waals surface area contributed by atoms with Gasteiger partial charge in [-0.1, -0.05) is 12.1 Å². The van der Waals surface area contributed by atoms with E-state index in [0.29, 0.717) is 22.7 Å². The van der Waals surface area contributed by atoms with Crippen LogP contribution >= 0.6 is 0 Å². The number of rotatable bonds is 2. The van der Waals surface area contributed by atoms with Gasteiger partial charge in [0.25, 0.3) is 0 Å². The molecule has 0 radical (unpaired) electrons. The highest BCUT2D eigenvalue weighted by atomic mass is 16.5. The first kappa shape index (κ1) is 12.3. The third-order valence-corrected chi connectivity index (χ3v) is 3.02. The Morgan fingerprint density at radius 3 is 2.65 bits per heavy atom. The molecule has 3 aromatic rings. The number of methoxy groups -OCH3 is 1. The average molecular weight is 268 g/mol. The molecule has 0 saturated carbocycles. The van der Waals surface area contributed by atoms with E-state index >= 15 is 0 Å². The van der Waals surface area contributed by atoms with Crippen LogP contribution in [0.25, 0.3) is 22.2 Å². The molecule has 0 atom stereocenters. The summed E-state index contributed by atoms with van der Waals surface area (Å²) in [6, 6.07) is 10.8. The maximum atomic E-state index is 12.0. The molecule has 20 heavy (non-hydrogen) atoms. The van der Waals surface area contributed by atoms with Gasteiger partial charge in [-0.25, -0.2) is 4.79 Å². The van der Waals surface area contributed by atoms with Crippen LogP contribution in [-0.2, 0) is 0 Å². The molecule has 5 nitrogen and oxygen atoms in total. The molecule has 0 spiro atoms. The third kappa shape index (κ3) is 2.14. The first-order valence-corrected chi connectivity index (χ1v) is 6.10. The predicted octanol–water partition coefficient (Wildman–Crippen LogP) is 2.57. The second kappa shape index (κ2) is 4.77. The SMILES string of the molecule is COc1ccc(-c2cc3ccc(C)cc3oc2=O)nn1. The van der Waals surface area contributed by atoms with Crippen LogP contribution in [-0.4, -0.2) is 17.3 Å². The van der Waals surface area contributed by atoms with E-state index in [9.17, 15) is 4.79 Å². The molecule has 2 heterocycles. The number of hydrogen-bond acceptors (Lipinski definition) is 5. The number of hydrogen-bond donors (Lipinski definition) is 0. The van der Waals surface area contributed by atoms with Crippen molar-refractivity contribution in [2.75, 3.05) is 7.11 Å². The van der Waals surface area contributed by atoms with Crippen molar-refractivity contribution in [3.05, 3.63) is 52.4 Å². The zero-order chi connectivity index (χ0) is 14.1. The molecule has 0 unspecified atom stereocenters. The van der Waals surface area contributed by atoms with Gasteiger partial charge in [-0.05, 0) is 30.7 Å². The summed E-state index contributed by atoms with van der Waals surface area (Å²) in [5, 5.41) is 8.68. The fraction of sp³-hybridized carbons (Fsp3) is 0.133. The number of benzene rings is 1. The molecule has 5 heteroatoms. The standard InChI is InChI=1S/C15H12N2O3/c1-9-3-4-10-8-11(15(18)20-13(10)7-9)12-5-6-14(19-2)17-16-12/h3-8H,1-2H3. The van der Waals surface area contributed by atoms with E-state index in [4.69, 9.17) is 9.15 Å². The van der Waals surface area contributed by atoms with Gasteiger partial charge in [0.1, 0.15) is 11.3 Å². The van der Waals surface area contributed by atoms with E-state index < -0.39 is 5.63 Å². The predicted molar refractivity (Wildman–Crippen MR) is 74.8 cm³/mol. The zero-order valence-electron chi connectivity index (χ0n) is 11.1. The molecule has 0 aliphatic heterocycles. The minimum absolute atomic E-state index is 0.386. The first-order chi connectivity index (χ1) is 9.67. The monoisotopic (exact) mass is 268 g/mol. The highest BCUT2D eigenvalue weighted by molar-refractivity contribution is 5.81. The molecule has 0 aliphatic rings. The van der Waals surface area contributed by atoms with E-state index in [2.05, 4.69) is 10.2 Å². The number of fused-ring (bicyclic) bond motifs is 1. The Bertz CT molecular complexity index is 823. The van der Waals surface area contributed by atoms with Crippen LogP contribution in [0.5, 0.6) is 5.88 Å². The molecule has 0 N–H and O–H groups in total. The largest absolute Gasteiger partial charge is 0.480 e. The number of aryl methyl sites for hydroxylation is 1. The van der Waals surface area contributed by atoms with Crippen molar-refractivity contribution in [3.8, 4) is 17.1 Å². The summed E-state index contributed by atoms with van der Waals surface area (Å²) < 4.78 is 10.3. The van der Waals surface area contributed by atoms with Gasteiger partial charge in [-0.15, -0.1) is 10.2 Å². The van der Waals surface area contributed by atoms with E-state index in [-0.39, 0.29) is 0 Å². The lowest BCUT2D eigenvalue weighted by atomic mass is 10.1. The van der Waals surface area contributed by atoms with Gasteiger partial charge in [0.2, 0.25) is 5.88 Å². The van der Waals surface area contributed by atoms with Crippen LogP contribution in [0.4, 0.5) is 0 Å². The molecule has 0 bridgehead atoms. The van der Waals surface area contributed by atoms with Gasteiger partial charge >= 0.3 is 5.63 Å². The number of nitrogens with zero attached hydrogens (tertiary/aromatic N) is 2. The van der Waals surface area contributed by atoms with Crippen LogP contribution < -0.4 is 10.4 Å². The van der Waals surface area contributed by atoms with Gasteiger partial charge in [0, 0.05) is 11.5 Å². The van der Waals surface area contributed by atoms with Crippen LogP contribution in [0, 0.1) is 6.92 Å². The molecular weight excluding hydrogens is 256 g/mol. The van der Waals surface area contributed by atoms with Gasteiger partial charge in [0.15, 0.2) is 0 Å². The van der Waals surface area contributed by atoms with E-state index in [0.717, 1.165) is 10.9 Å². The number of aromatic nitrogens is 2. The molecule has 2 aromatic heterocycles. The Morgan fingerprint density at radius 1 is 1.10 bits per heavy atom. The molecule has 100 valence electrons. The molecule has 1 aromatic carbocycles. The Kier molecular flexibility index (Phi) is 2.95. The third-order valence-electron chi connectivity index (χ3n) is 3.02. The first-order valence-electron chi connectivity index (χ1n) is 6.10. The quantitative estimate of drug-likeness (QED) is 0.668. The smallest absolute Gasteiger partial charge is 0.345 e. The topological polar surface area (TPSA) is 65.2 Å². The summed E-state index contributed by atoms with van der Waals surface area (Å²) in [5.41, 5.74) is 2.03. The highest BCUT2D eigenvalue weighted by Gasteiger charge is 2.10. The van der Waals surface area contributed by atoms with Crippen molar-refractivity contribution >= 4 is 11.0 Å². The van der Waals surface area contributed by atoms with Crippen LogP contribution in [0.15, 0.2) is 45.6 Å². The molecule has 3 rings (SSSR count). The summed E-state index contributed by atoms with van der Waals surface area (Å²) in [4.78, 5) is 12.0. The second-order valence-electron chi connectivity index (χ2n) is 4.45.